The Labute approximate surface area is 132 Å². The zero-order chi connectivity index (χ0) is 15.8. The van der Waals surface area contributed by atoms with E-state index < -0.39 is 0 Å². The van der Waals surface area contributed by atoms with E-state index in [2.05, 4.69) is 37.4 Å². The van der Waals surface area contributed by atoms with Crippen molar-refractivity contribution in [1.29, 1.82) is 0 Å². The number of aryl methyl sites for hydroxylation is 3. The molecular formula is C16H26N6. The summed E-state index contributed by atoms with van der Waals surface area (Å²) in [6.45, 7) is 4.76. The SMILES string of the molecule is CN=C(NCCCCn1ccnc1C)NCc1ccn(C)c1. The zero-order valence-corrected chi connectivity index (χ0v) is 13.7. The predicted molar refractivity (Wildman–Crippen MR) is 89.8 cm³/mol. The number of hydrogen-bond donors (Lipinski definition) is 2. The van der Waals surface area contributed by atoms with Crippen LogP contribution in [0.5, 0.6) is 0 Å². The van der Waals surface area contributed by atoms with Crippen molar-refractivity contribution in [1.82, 2.24) is 24.8 Å². The van der Waals surface area contributed by atoms with Gasteiger partial charge in [0.05, 0.1) is 0 Å². The molecule has 0 aliphatic heterocycles. The number of aromatic nitrogens is 3. The van der Waals surface area contributed by atoms with E-state index in [4.69, 9.17) is 0 Å². The Hall–Kier alpha value is -2.24. The first-order chi connectivity index (χ1) is 10.7. The summed E-state index contributed by atoms with van der Waals surface area (Å²) in [4.78, 5) is 8.47. The Kier molecular flexibility index (Phi) is 6.06. The molecule has 2 N–H and O–H groups in total. The summed E-state index contributed by atoms with van der Waals surface area (Å²) < 4.78 is 4.23. The molecule has 2 heterocycles. The van der Waals surface area contributed by atoms with Gasteiger partial charge in [-0.3, -0.25) is 4.99 Å². The van der Waals surface area contributed by atoms with Gasteiger partial charge >= 0.3 is 0 Å². The highest BCUT2D eigenvalue weighted by Crippen LogP contribution is 2.00. The lowest BCUT2D eigenvalue weighted by Crippen LogP contribution is -2.37. The van der Waals surface area contributed by atoms with Gasteiger partial charge in [-0.05, 0) is 31.4 Å². The average molecular weight is 302 g/mol. The number of nitrogens with zero attached hydrogens (tertiary/aromatic N) is 4. The molecule has 0 unspecified atom stereocenters. The molecule has 0 amide bonds. The van der Waals surface area contributed by atoms with Crippen LogP contribution in [0.2, 0.25) is 0 Å². The van der Waals surface area contributed by atoms with Gasteiger partial charge in [0.15, 0.2) is 5.96 Å². The molecule has 0 saturated heterocycles. The van der Waals surface area contributed by atoms with Crippen molar-refractivity contribution in [2.75, 3.05) is 13.6 Å². The molecule has 2 rings (SSSR count). The number of nitrogens with one attached hydrogen (secondary N) is 2. The van der Waals surface area contributed by atoms with Gasteiger partial charge in [0.2, 0.25) is 0 Å². The van der Waals surface area contributed by atoms with Crippen LogP contribution >= 0.6 is 0 Å². The van der Waals surface area contributed by atoms with Crippen molar-refractivity contribution in [3.63, 3.8) is 0 Å². The standard InChI is InChI=1S/C16H26N6/c1-14-18-8-11-22(14)9-5-4-7-19-16(17-2)20-12-15-6-10-21(3)13-15/h6,8,10-11,13H,4-5,7,9,12H2,1-3H3,(H2,17,19,20). The Morgan fingerprint density at radius 2 is 2.14 bits per heavy atom. The molecule has 0 fully saturated rings. The van der Waals surface area contributed by atoms with Crippen LogP contribution in [0, 0.1) is 6.92 Å². The average Bonchev–Trinajstić information content (AvgIpc) is 3.11. The number of rotatable bonds is 7. The molecule has 0 aromatic carbocycles. The number of guanidine groups is 1. The highest BCUT2D eigenvalue weighted by atomic mass is 15.2. The maximum atomic E-state index is 4.24. The van der Waals surface area contributed by atoms with Gasteiger partial charge in [0, 0.05) is 58.5 Å². The van der Waals surface area contributed by atoms with Crippen molar-refractivity contribution in [3.05, 3.63) is 42.2 Å². The molecule has 0 bridgehead atoms. The molecule has 120 valence electrons. The summed E-state index contributed by atoms with van der Waals surface area (Å²) in [5.74, 6) is 1.93. The third-order valence-electron chi connectivity index (χ3n) is 3.62. The van der Waals surface area contributed by atoms with Crippen molar-refractivity contribution < 1.29 is 0 Å². The van der Waals surface area contributed by atoms with Gasteiger partial charge in [0.1, 0.15) is 5.82 Å². The van der Waals surface area contributed by atoms with Crippen LogP contribution in [0.25, 0.3) is 0 Å². The van der Waals surface area contributed by atoms with Crippen LogP contribution in [-0.2, 0) is 20.1 Å². The molecular weight excluding hydrogens is 276 g/mol. The quantitative estimate of drug-likeness (QED) is 0.465. The summed E-state index contributed by atoms with van der Waals surface area (Å²) >= 11 is 0. The number of unbranched alkanes of at least 4 members (excludes halogenated alkanes) is 1. The van der Waals surface area contributed by atoms with Gasteiger partial charge in [0.25, 0.3) is 0 Å². The molecule has 0 radical (unpaired) electrons. The Bertz CT molecular complexity index is 595. The normalized spacial score (nSPS) is 11.7. The molecule has 0 saturated carbocycles. The lowest BCUT2D eigenvalue weighted by molar-refractivity contribution is 0.588. The van der Waals surface area contributed by atoms with E-state index in [1.807, 2.05) is 37.1 Å². The lowest BCUT2D eigenvalue weighted by atomic mass is 10.3. The van der Waals surface area contributed by atoms with E-state index >= 15 is 0 Å². The second kappa shape index (κ2) is 8.26. The Balaban J connectivity index is 1.61. The molecule has 0 aliphatic rings. The first kappa shape index (κ1) is 16.1. The topological polar surface area (TPSA) is 59.2 Å². The third kappa shape index (κ3) is 4.95. The van der Waals surface area contributed by atoms with Gasteiger partial charge in [-0.15, -0.1) is 0 Å². The Morgan fingerprint density at radius 3 is 2.77 bits per heavy atom. The Morgan fingerprint density at radius 1 is 1.27 bits per heavy atom. The maximum absolute atomic E-state index is 4.24. The molecule has 6 heteroatoms. The van der Waals surface area contributed by atoms with E-state index in [-0.39, 0.29) is 0 Å². The third-order valence-corrected chi connectivity index (χ3v) is 3.62. The fourth-order valence-electron chi connectivity index (χ4n) is 2.33. The molecule has 0 atom stereocenters. The minimum Gasteiger partial charge on any atom is -0.357 e. The van der Waals surface area contributed by atoms with E-state index in [1.165, 1.54) is 5.56 Å². The van der Waals surface area contributed by atoms with Crippen LogP contribution in [0.15, 0.2) is 35.8 Å². The smallest absolute Gasteiger partial charge is 0.191 e. The van der Waals surface area contributed by atoms with Crippen LogP contribution in [0.3, 0.4) is 0 Å². The van der Waals surface area contributed by atoms with Gasteiger partial charge < -0.3 is 19.8 Å². The highest BCUT2D eigenvalue weighted by Gasteiger charge is 2.00. The number of imidazole rings is 1. The summed E-state index contributed by atoms with van der Waals surface area (Å²) in [6.07, 6.45) is 10.3. The van der Waals surface area contributed by atoms with Crippen LogP contribution in [0.4, 0.5) is 0 Å². The van der Waals surface area contributed by atoms with Crippen molar-refractivity contribution in [3.8, 4) is 0 Å². The molecule has 0 aliphatic carbocycles. The minimum absolute atomic E-state index is 0.786. The maximum Gasteiger partial charge on any atom is 0.191 e. The minimum atomic E-state index is 0.786. The molecule has 0 spiro atoms. The van der Waals surface area contributed by atoms with Crippen LogP contribution < -0.4 is 10.6 Å². The zero-order valence-electron chi connectivity index (χ0n) is 13.7. The largest absolute Gasteiger partial charge is 0.357 e. The van der Waals surface area contributed by atoms with E-state index in [0.29, 0.717) is 0 Å². The summed E-state index contributed by atoms with van der Waals surface area (Å²) in [6, 6.07) is 2.10. The summed E-state index contributed by atoms with van der Waals surface area (Å²) in [7, 11) is 3.83. The first-order valence-electron chi connectivity index (χ1n) is 7.72. The number of hydrogen-bond acceptors (Lipinski definition) is 2. The molecule has 6 nitrogen and oxygen atoms in total. The van der Waals surface area contributed by atoms with Crippen molar-refractivity contribution in [2.45, 2.75) is 32.9 Å². The lowest BCUT2D eigenvalue weighted by Gasteiger charge is -2.11. The van der Waals surface area contributed by atoms with Crippen molar-refractivity contribution >= 4 is 5.96 Å². The predicted octanol–water partition coefficient (Wildman–Crippen LogP) is 1.68. The fraction of sp³-hybridized carbons (Fsp3) is 0.500. The van der Waals surface area contributed by atoms with Crippen molar-refractivity contribution in [2.24, 2.45) is 12.0 Å². The van der Waals surface area contributed by atoms with Crippen LogP contribution in [-0.4, -0.2) is 33.7 Å². The second-order valence-electron chi connectivity index (χ2n) is 5.41. The summed E-state index contributed by atoms with van der Waals surface area (Å²) in [5.41, 5.74) is 1.25. The number of aliphatic imine (C=N–C) groups is 1. The molecule has 2 aromatic heterocycles. The van der Waals surface area contributed by atoms with E-state index in [1.54, 1.807) is 7.05 Å². The first-order valence-corrected chi connectivity index (χ1v) is 7.72. The van der Waals surface area contributed by atoms with E-state index in [9.17, 15) is 0 Å². The fourth-order valence-corrected chi connectivity index (χ4v) is 2.33. The van der Waals surface area contributed by atoms with E-state index in [0.717, 1.165) is 44.3 Å². The van der Waals surface area contributed by atoms with Crippen LogP contribution in [0.1, 0.15) is 24.2 Å². The van der Waals surface area contributed by atoms with Gasteiger partial charge in [-0.2, -0.15) is 0 Å². The second-order valence-corrected chi connectivity index (χ2v) is 5.41. The van der Waals surface area contributed by atoms with Gasteiger partial charge in [-0.1, -0.05) is 0 Å². The molecule has 2 aromatic rings. The molecule has 22 heavy (non-hydrogen) atoms. The highest BCUT2D eigenvalue weighted by molar-refractivity contribution is 5.79. The monoisotopic (exact) mass is 302 g/mol. The summed E-state index contributed by atoms with van der Waals surface area (Å²) in [5, 5.41) is 6.67. The van der Waals surface area contributed by atoms with Gasteiger partial charge in [-0.25, -0.2) is 4.98 Å².